The number of para-hydroxylation sites is 1. The van der Waals surface area contributed by atoms with Gasteiger partial charge >= 0.3 is 35.5 Å². The second-order valence-corrected chi connectivity index (χ2v) is 7.54. The maximum atomic E-state index is 11.9. The van der Waals surface area contributed by atoms with Crippen LogP contribution in [-0.4, -0.2) is 55.0 Å². The maximum absolute atomic E-state index is 11.9. The number of carboxylic acids is 1. The van der Waals surface area contributed by atoms with Crippen molar-refractivity contribution >= 4 is 46.4 Å². The summed E-state index contributed by atoms with van der Waals surface area (Å²) >= 11 is 0. The molecule has 0 bridgehead atoms. The number of fused-ring (bicyclic) bond motifs is 1. The molecule has 5 rings (SSSR count). The van der Waals surface area contributed by atoms with Gasteiger partial charge in [-0.2, -0.15) is 5.10 Å². The molecule has 0 spiro atoms. The molecule has 154 valence electrons. The number of aromatic carboxylic acids is 1. The molecule has 1 N–H and O–H groups in total. The number of carbonyl (C=O) groups is 1. The van der Waals surface area contributed by atoms with Gasteiger partial charge in [-0.25, -0.2) is 4.79 Å². The molecule has 32 heavy (non-hydrogen) atoms. The molecular weight excluding hydrogens is 409 g/mol. The van der Waals surface area contributed by atoms with E-state index in [0.717, 1.165) is 28.6 Å². The predicted molar refractivity (Wildman–Crippen MR) is 128 cm³/mol. The third kappa shape index (κ3) is 4.41. The van der Waals surface area contributed by atoms with Crippen molar-refractivity contribution in [2.75, 3.05) is 0 Å². The summed E-state index contributed by atoms with van der Waals surface area (Å²) in [7, 11) is 0. The van der Waals surface area contributed by atoms with Crippen molar-refractivity contribution < 1.29 is 9.90 Å². The van der Waals surface area contributed by atoms with Gasteiger partial charge in [-0.1, -0.05) is 78.9 Å². The standard InChI is InChI=1S/C26H21N3O2.Na.H/c30-26(31)25-15-23(27-29(25)17-20-11-5-2-6-12-20)22-18-28(16-19-9-3-1-4-10-19)24-14-8-7-13-21(22)24;;/h1-15,18H,16-17H2,(H,30,31);;. The van der Waals surface area contributed by atoms with Crippen LogP contribution in [0.5, 0.6) is 0 Å². The summed E-state index contributed by atoms with van der Waals surface area (Å²) in [6.07, 6.45) is 2.07. The summed E-state index contributed by atoms with van der Waals surface area (Å²) in [5.74, 6) is -0.984. The summed E-state index contributed by atoms with van der Waals surface area (Å²) in [5, 5.41) is 15.5. The van der Waals surface area contributed by atoms with Crippen molar-refractivity contribution in [2.24, 2.45) is 0 Å². The van der Waals surface area contributed by atoms with Crippen molar-refractivity contribution in [3.05, 3.63) is 114 Å². The van der Waals surface area contributed by atoms with Gasteiger partial charge in [0.15, 0.2) is 0 Å². The van der Waals surface area contributed by atoms with Crippen LogP contribution >= 0.6 is 0 Å². The molecule has 5 aromatic rings. The first-order chi connectivity index (χ1) is 15.2. The van der Waals surface area contributed by atoms with Gasteiger partial charge in [-0.3, -0.25) is 4.68 Å². The summed E-state index contributed by atoms with van der Waals surface area (Å²) in [4.78, 5) is 11.9. The van der Waals surface area contributed by atoms with Crippen LogP contribution in [0, 0.1) is 0 Å². The fourth-order valence-electron chi connectivity index (χ4n) is 3.96. The Morgan fingerprint density at radius 3 is 2.06 bits per heavy atom. The molecule has 2 aromatic heterocycles. The van der Waals surface area contributed by atoms with Crippen molar-refractivity contribution in [1.82, 2.24) is 14.3 Å². The van der Waals surface area contributed by atoms with Crippen LogP contribution in [-0.2, 0) is 13.1 Å². The quantitative estimate of drug-likeness (QED) is 0.398. The topological polar surface area (TPSA) is 60.0 Å². The summed E-state index contributed by atoms with van der Waals surface area (Å²) in [6, 6.07) is 29.9. The first-order valence-corrected chi connectivity index (χ1v) is 10.2. The second-order valence-electron chi connectivity index (χ2n) is 7.54. The number of hydrogen-bond donors (Lipinski definition) is 1. The fraction of sp³-hybridized carbons (Fsp3) is 0.0769. The molecule has 0 amide bonds. The molecule has 0 aliphatic heterocycles. The zero-order valence-corrected chi connectivity index (χ0v) is 16.8. The average molecular weight is 431 g/mol. The van der Waals surface area contributed by atoms with E-state index in [-0.39, 0.29) is 35.3 Å². The van der Waals surface area contributed by atoms with Crippen molar-refractivity contribution in [3.8, 4) is 11.3 Å². The van der Waals surface area contributed by atoms with Crippen LogP contribution in [0.25, 0.3) is 22.2 Å². The molecule has 6 heteroatoms. The van der Waals surface area contributed by atoms with Gasteiger partial charge in [0, 0.05) is 29.2 Å². The van der Waals surface area contributed by atoms with Gasteiger partial charge in [0.1, 0.15) is 5.69 Å². The minimum atomic E-state index is -0.984. The van der Waals surface area contributed by atoms with Gasteiger partial charge in [0.05, 0.1) is 12.2 Å². The Kier molecular flexibility index (Phi) is 6.61. The SMILES string of the molecule is O=C(O)c1cc(-c2cn(Cc3ccccc3)c3ccccc23)nn1Cc1ccccc1.[NaH]. The van der Waals surface area contributed by atoms with Crippen LogP contribution in [0.15, 0.2) is 97.2 Å². The number of carboxylic acid groups (broad SMARTS) is 1. The summed E-state index contributed by atoms with van der Waals surface area (Å²) in [5.41, 5.74) is 5.08. The molecule has 0 saturated carbocycles. The van der Waals surface area contributed by atoms with E-state index in [2.05, 4.69) is 40.1 Å². The van der Waals surface area contributed by atoms with Crippen LogP contribution in [0.3, 0.4) is 0 Å². The molecule has 0 fully saturated rings. The molecule has 0 aliphatic rings. The third-order valence-electron chi connectivity index (χ3n) is 5.43. The van der Waals surface area contributed by atoms with E-state index in [1.807, 2.05) is 60.7 Å². The van der Waals surface area contributed by atoms with E-state index in [9.17, 15) is 9.90 Å². The van der Waals surface area contributed by atoms with E-state index >= 15 is 0 Å². The Balaban J connectivity index is 0.00000245. The zero-order valence-electron chi connectivity index (χ0n) is 16.8. The molecule has 0 unspecified atom stereocenters. The summed E-state index contributed by atoms with van der Waals surface area (Å²) < 4.78 is 3.76. The zero-order chi connectivity index (χ0) is 21.2. The Hall–Kier alpha value is -3.12. The first kappa shape index (κ1) is 22.1. The molecule has 0 radical (unpaired) electrons. The van der Waals surface area contributed by atoms with Gasteiger partial charge in [-0.15, -0.1) is 0 Å². The van der Waals surface area contributed by atoms with Gasteiger partial charge in [0.25, 0.3) is 0 Å². The van der Waals surface area contributed by atoms with Crippen LogP contribution in [0.2, 0.25) is 0 Å². The van der Waals surface area contributed by atoms with E-state index in [0.29, 0.717) is 12.2 Å². The van der Waals surface area contributed by atoms with Crippen molar-refractivity contribution in [2.45, 2.75) is 13.1 Å². The van der Waals surface area contributed by atoms with Crippen molar-refractivity contribution in [3.63, 3.8) is 0 Å². The van der Waals surface area contributed by atoms with Crippen LogP contribution in [0.4, 0.5) is 0 Å². The average Bonchev–Trinajstić information content (AvgIpc) is 3.37. The third-order valence-corrected chi connectivity index (χ3v) is 5.43. The Morgan fingerprint density at radius 1 is 0.812 bits per heavy atom. The van der Waals surface area contributed by atoms with Gasteiger partial charge in [0.2, 0.25) is 0 Å². The van der Waals surface area contributed by atoms with E-state index in [4.69, 9.17) is 0 Å². The Morgan fingerprint density at radius 2 is 1.41 bits per heavy atom. The molecular formula is C26H22N3NaO2. The second kappa shape index (κ2) is 9.57. The van der Waals surface area contributed by atoms with Gasteiger partial charge < -0.3 is 9.67 Å². The monoisotopic (exact) mass is 431 g/mol. The normalized spacial score (nSPS) is 10.8. The van der Waals surface area contributed by atoms with Gasteiger partial charge in [-0.05, 0) is 23.3 Å². The number of benzene rings is 3. The Bertz CT molecular complexity index is 1360. The predicted octanol–water partition coefficient (Wildman–Crippen LogP) is 4.65. The molecule has 0 atom stereocenters. The molecule has 2 heterocycles. The minimum absolute atomic E-state index is 0. The molecule has 0 aliphatic carbocycles. The van der Waals surface area contributed by atoms with E-state index < -0.39 is 5.97 Å². The number of hydrogen-bond acceptors (Lipinski definition) is 2. The van der Waals surface area contributed by atoms with Crippen molar-refractivity contribution in [1.29, 1.82) is 0 Å². The molecule has 3 aromatic carbocycles. The number of nitrogens with zero attached hydrogens (tertiary/aromatic N) is 3. The Labute approximate surface area is 208 Å². The van der Waals surface area contributed by atoms with Crippen LogP contribution < -0.4 is 0 Å². The first-order valence-electron chi connectivity index (χ1n) is 10.2. The molecule has 0 saturated heterocycles. The molecule has 5 nitrogen and oxygen atoms in total. The number of rotatable bonds is 6. The van der Waals surface area contributed by atoms with E-state index in [1.54, 1.807) is 10.7 Å². The fourth-order valence-corrected chi connectivity index (χ4v) is 3.96. The number of aromatic nitrogens is 3. The van der Waals surface area contributed by atoms with E-state index in [1.165, 1.54) is 5.56 Å². The summed E-state index contributed by atoms with van der Waals surface area (Å²) in [6.45, 7) is 1.14. The van der Waals surface area contributed by atoms with Crippen LogP contribution in [0.1, 0.15) is 21.6 Å².